The van der Waals surface area contributed by atoms with Gasteiger partial charge in [0.15, 0.2) is 0 Å². The quantitative estimate of drug-likeness (QED) is 0.630. The van der Waals surface area contributed by atoms with Gasteiger partial charge in [-0.05, 0) is 36.8 Å². The molecule has 0 aromatic heterocycles. The molecule has 4 nitrogen and oxygen atoms in total. The summed E-state index contributed by atoms with van der Waals surface area (Å²) in [5.41, 5.74) is 3.46. The van der Waals surface area contributed by atoms with Crippen molar-refractivity contribution in [1.82, 2.24) is 4.90 Å². The maximum Gasteiger partial charge on any atom is 0.229 e. The van der Waals surface area contributed by atoms with E-state index >= 15 is 0 Å². The highest BCUT2D eigenvalue weighted by Crippen LogP contribution is 2.46. The fraction of sp³-hybridized carbons (Fsp3) is 0.238. The normalized spacial score (nSPS) is 19.5. The van der Waals surface area contributed by atoms with Crippen molar-refractivity contribution in [1.29, 1.82) is 5.26 Å². The molecule has 4 rings (SSSR count). The van der Waals surface area contributed by atoms with Crippen LogP contribution in [-0.2, 0) is 4.79 Å². The molecule has 28 heavy (non-hydrogen) atoms. The number of hydrogen-bond donors (Lipinski definition) is 0. The standard InChI is InChI=1S/C21H17Cl2N3OS/c1-13-5-7-14(8-6-13)25-11-26-19(27)9-15(16(10-24)21(26)28-12-25)20-17(22)3-2-4-18(20)23/h2-8,15H,9,11-12H2,1H3. The number of thioether (sulfide) groups is 1. The number of halogens is 2. The molecule has 2 aromatic rings. The SMILES string of the molecule is Cc1ccc(N2CSC3=C(C#N)C(c4c(Cl)cccc4Cl)CC(=O)N3C2)cc1. The van der Waals surface area contributed by atoms with Crippen molar-refractivity contribution in [3.63, 3.8) is 0 Å². The molecule has 142 valence electrons. The fourth-order valence-corrected chi connectivity index (χ4v) is 5.40. The summed E-state index contributed by atoms with van der Waals surface area (Å²) in [4.78, 5) is 16.8. The third-order valence-electron chi connectivity index (χ3n) is 5.04. The molecule has 1 atom stereocenters. The maximum absolute atomic E-state index is 13.0. The van der Waals surface area contributed by atoms with Gasteiger partial charge < -0.3 is 4.90 Å². The summed E-state index contributed by atoms with van der Waals surface area (Å²) in [5.74, 6) is 0.221. The van der Waals surface area contributed by atoms with Crippen molar-refractivity contribution < 1.29 is 4.79 Å². The molecule has 2 aliphatic heterocycles. The van der Waals surface area contributed by atoms with Crippen LogP contribution in [0.2, 0.25) is 10.0 Å². The van der Waals surface area contributed by atoms with Crippen molar-refractivity contribution in [2.45, 2.75) is 19.3 Å². The average Bonchev–Trinajstić information content (AvgIpc) is 2.68. The van der Waals surface area contributed by atoms with Crippen LogP contribution in [0, 0.1) is 18.3 Å². The van der Waals surface area contributed by atoms with Gasteiger partial charge in [0, 0.05) is 28.1 Å². The second-order valence-corrected chi connectivity index (χ2v) is 8.58. The fourth-order valence-electron chi connectivity index (χ4n) is 3.57. The van der Waals surface area contributed by atoms with Crippen LogP contribution in [0.25, 0.3) is 0 Å². The van der Waals surface area contributed by atoms with Crippen LogP contribution in [0.3, 0.4) is 0 Å². The van der Waals surface area contributed by atoms with Crippen LogP contribution in [0.4, 0.5) is 5.69 Å². The van der Waals surface area contributed by atoms with Gasteiger partial charge in [0.05, 0.1) is 29.2 Å². The number of nitriles is 1. The first kappa shape index (κ1) is 19.2. The molecule has 0 aliphatic carbocycles. The van der Waals surface area contributed by atoms with E-state index in [0.29, 0.717) is 38.8 Å². The van der Waals surface area contributed by atoms with Crippen LogP contribution >= 0.6 is 35.0 Å². The smallest absolute Gasteiger partial charge is 0.229 e. The average molecular weight is 430 g/mol. The molecule has 0 saturated carbocycles. The van der Waals surface area contributed by atoms with Crippen molar-refractivity contribution >= 4 is 46.6 Å². The number of rotatable bonds is 2. The van der Waals surface area contributed by atoms with Crippen molar-refractivity contribution in [2.24, 2.45) is 0 Å². The molecular formula is C21H17Cl2N3OS. The highest BCUT2D eigenvalue weighted by Gasteiger charge is 2.39. The largest absolute Gasteiger partial charge is 0.344 e. The third kappa shape index (κ3) is 3.37. The summed E-state index contributed by atoms with van der Waals surface area (Å²) in [7, 11) is 0. The molecule has 0 N–H and O–H groups in total. The first-order valence-electron chi connectivity index (χ1n) is 8.82. The third-order valence-corrected chi connectivity index (χ3v) is 6.85. The summed E-state index contributed by atoms with van der Waals surface area (Å²) in [6, 6.07) is 15.8. The van der Waals surface area contributed by atoms with E-state index in [1.54, 1.807) is 23.1 Å². The molecule has 0 spiro atoms. The Balaban J connectivity index is 1.70. The lowest BCUT2D eigenvalue weighted by molar-refractivity contribution is -0.129. The van der Waals surface area contributed by atoms with Crippen LogP contribution in [0.5, 0.6) is 0 Å². The van der Waals surface area contributed by atoms with E-state index in [0.717, 1.165) is 5.69 Å². The molecule has 1 fully saturated rings. The summed E-state index contributed by atoms with van der Waals surface area (Å²) < 4.78 is 0. The zero-order valence-electron chi connectivity index (χ0n) is 15.2. The molecule has 1 saturated heterocycles. The predicted octanol–water partition coefficient (Wildman–Crippen LogP) is 5.52. The monoisotopic (exact) mass is 429 g/mol. The van der Waals surface area contributed by atoms with E-state index in [1.807, 2.05) is 6.92 Å². The van der Waals surface area contributed by atoms with Gasteiger partial charge in [0.2, 0.25) is 5.91 Å². The second-order valence-electron chi connectivity index (χ2n) is 6.83. The predicted molar refractivity (Wildman–Crippen MR) is 114 cm³/mol. The summed E-state index contributed by atoms with van der Waals surface area (Å²) >= 11 is 14.2. The minimum absolute atomic E-state index is 0.0284. The van der Waals surface area contributed by atoms with Gasteiger partial charge in [-0.3, -0.25) is 9.69 Å². The molecular weight excluding hydrogens is 413 g/mol. The molecule has 1 unspecified atom stereocenters. The lowest BCUT2D eigenvalue weighted by Crippen LogP contribution is -2.47. The number of aryl methyl sites for hydroxylation is 1. The number of nitrogens with zero attached hydrogens (tertiary/aromatic N) is 3. The molecule has 0 bridgehead atoms. The number of anilines is 1. The Morgan fingerprint density at radius 2 is 1.82 bits per heavy atom. The van der Waals surface area contributed by atoms with Crippen molar-refractivity contribution in [2.75, 3.05) is 17.4 Å². The van der Waals surface area contributed by atoms with Crippen LogP contribution < -0.4 is 4.90 Å². The molecule has 2 heterocycles. The maximum atomic E-state index is 13.0. The van der Waals surface area contributed by atoms with E-state index in [1.165, 1.54) is 17.3 Å². The Labute approximate surface area is 178 Å². The van der Waals surface area contributed by atoms with Crippen molar-refractivity contribution in [3.8, 4) is 6.07 Å². The minimum Gasteiger partial charge on any atom is -0.344 e. The number of carbonyl (C=O) groups excluding carboxylic acids is 1. The van der Waals surface area contributed by atoms with Gasteiger partial charge in [-0.15, -0.1) is 0 Å². The van der Waals surface area contributed by atoms with Gasteiger partial charge in [-0.2, -0.15) is 5.26 Å². The highest BCUT2D eigenvalue weighted by molar-refractivity contribution is 8.03. The van der Waals surface area contributed by atoms with Gasteiger partial charge in [-0.1, -0.05) is 58.7 Å². The number of benzene rings is 2. The highest BCUT2D eigenvalue weighted by atomic mass is 35.5. The Kier molecular flexibility index (Phi) is 5.29. The number of fused-ring (bicyclic) bond motifs is 1. The zero-order chi connectivity index (χ0) is 19.8. The van der Waals surface area contributed by atoms with Crippen LogP contribution in [0.15, 0.2) is 53.1 Å². The Bertz CT molecular complexity index is 993. The lowest BCUT2D eigenvalue weighted by Gasteiger charge is -2.42. The van der Waals surface area contributed by atoms with Crippen LogP contribution in [-0.4, -0.2) is 23.4 Å². The van der Waals surface area contributed by atoms with E-state index in [4.69, 9.17) is 23.2 Å². The first-order chi connectivity index (χ1) is 13.5. The van der Waals surface area contributed by atoms with E-state index in [2.05, 4.69) is 35.2 Å². The van der Waals surface area contributed by atoms with Gasteiger partial charge in [0.1, 0.15) is 0 Å². The summed E-state index contributed by atoms with van der Waals surface area (Å²) in [6.07, 6.45) is 0.179. The zero-order valence-corrected chi connectivity index (χ0v) is 17.5. The van der Waals surface area contributed by atoms with Gasteiger partial charge >= 0.3 is 0 Å². The van der Waals surface area contributed by atoms with Gasteiger partial charge in [-0.25, -0.2) is 0 Å². The minimum atomic E-state index is -0.414. The number of amides is 1. The molecule has 1 amide bonds. The Morgan fingerprint density at radius 3 is 2.46 bits per heavy atom. The molecule has 0 radical (unpaired) electrons. The number of carbonyl (C=O) groups is 1. The molecule has 7 heteroatoms. The van der Waals surface area contributed by atoms with E-state index < -0.39 is 5.92 Å². The molecule has 2 aliphatic rings. The van der Waals surface area contributed by atoms with E-state index in [-0.39, 0.29) is 12.3 Å². The number of allylic oxidation sites excluding steroid dienone is 1. The summed E-state index contributed by atoms with van der Waals surface area (Å²) in [6.45, 7) is 2.47. The number of hydrogen-bond acceptors (Lipinski definition) is 4. The second kappa shape index (κ2) is 7.71. The van der Waals surface area contributed by atoms with Crippen molar-refractivity contribution in [3.05, 3.63) is 74.2 Å². The summed E-state index contributed by atoms with van der Waals surface area (Å²) in [5, 5.41) is 11.6. The molecule has 2 aromatic carbocycles. The van der Waals surface area contributed by atoms with Gasteiger partial charge in [0.25, 0.3) is 0 Å². The first-order valence-corrected chi connectivity index (χ1v) is 10.6. The Hall–Kier alpha value is -2.13. The Morgan fingerprint density at radius 1 is 1.14 bits per heavy atom. The topological polar surface area (TPSA) is 47.3 Å². The van der Waals surface area contributed by atoms with E-state index in [9.17, 15) is 10.1 Å². The van der Waals surface area contributed by atoms with Crippen LogP contribution in [0.1, 0.15) is 23.5 Å². The lowest BCUT2D eigenvalue weighted by atomic mass is 9.86.